The Morgan fingerprint density at radius 2 is 2.25 bits per heavy atom. The summed E-state index contributed by atoms with van der Waals surface area (Å²) in [6.45, 7) is 1.60. The third-order valence-corrected chi connectivity index (χ3v) is 5.86. The highest BCUT2D eigenvalue weighted by Crippen LogP contribution is 2.26. The van der Waals surface area contributed by atoms with Crippen molar-refractivity contribution in [3.63, 3.8) is 0 Å². The number of likely N-dealkylation sites (tertiary alicyclic amines) is 1. The van der Waals surface area contributed by atoms with Gasteiger partial charge in [0, 0.05) is 19.6 Å². The molecule has 8 heteroatoms. The van der Waals surface area contributed by atoms with Crippen LogP contribution in [0, 0.1) is 0 Å². The lowest BCUT2D eigenvalue weighted by molar-refractivity contribution is -0.0157. The van der Waals surface area contributed by atoms with Crippen LogP contribution in [0.15, 0.2) is 17.5 Å². The van der Waals surface area contributed by atoms with Crippen LogP contribution in [0.2, 0.25) is 0 Å². The Kier molecular flexibility index (Phi) is 3.57. The van der Waals surface area contributed by atoms with Crippen molar-refractivity contribution in [2.45, 2.75) is 12.1 Å². The molecule has 2 fully saturated rings. The van der Waals surface area contributed by atoms with Crippen LogP contribution in [-0.4, -0.2) is 68.2 Å². The Bertz CT molecular complexity index is 599. The molecular formula is C12H16N2O4S2. The van der Waals surface area contributed by atoms with E-state index in [4.69, 9.17) is 4.74 Å². The molecule has 0 bridgehead atoms. The summed E-state index contributed by atoms with van der Waals surface area (Å²) < 4.78 is 30.7. The van der Waals surface area contributed by atoms with Crippen molar-refractivity contribution in [3.8, 4) is 0 Å². The van der Waals surface area contributed by atoms with Crippen LogP contribution in [0.5, 0.6) is 0 Å². The second kappa shape index (κ2) is 5.10. The lowest BCUT2D eigenvalue weighted by atomic mass is 10.2. The second-order valence-electron chi connectivity index (χ2n) is 5.04. The molecule has 2 saturated heterocycles. The minimum absolute atomic E-state index is 0.0496. The van der Waals surface area contributed by atoms with E-state index in [0.717, 1.165) is 0 Å². The number of ether oxygens (including phenoxy) is 1. The molecule has 0 spiro atoms. The summed E-state index contributed by atoms with van der Waals surface area (Å²) in [7, 11) is -3.27. The van der Waals surface area contributed by atoms with Crippen LogP contribution in [-0.2, 0) is 14.8 Å². The van der Waals surface area contributed by atoms with Gasteiger partial charge in [-0.2, -0.15) is 4.31 Å². The summed E-state index contributed by atoms with van der Waals surface area (Å²) in [5.74, 6) is -0.0496. The minimum Gasteiger partial charge on any atom is -0.373 e. The van der Waals surface area contributed by atoms with Crippen LogP contribution >= 0.6 is 11.3 Å². The highest BCUT2D eigenvalue weighted by atomic mass is 32.2. The normalized spacial score (nSPS) is 27.6. The Morgan fingerprint density at radius 3 is 2.90 bits per heavy atom. The number of morpholine rings is 1. The molecular weight excluding hydrogens is 300 g/mol. The largest absolute Gasteiger partial charge is 0.373 e. The lowest BCUT2D eigenvalue weighted by Crippen LogP contribution is -2.52. The molecule has 1 amide bonds. The van der Waals surface area contributed by atoms with Gasteiger partial charge in [-0.15, -0.1) is 11.3 Å². The fourth-order valence-electron chi connectivity index (χ4n) is 2.79. The van der Waals surface area contributed by atoms with Crippen molar-refractivity contribution in [1.82, 2.24) is 9.21 Å². The number of carbonyl (C=O) groups excluding carboxylic acids is 1. The number of fused-ring (bicyclic) bond motifs is 1. The zero-order chi connectivity index (χ0) is 14.3. The van der Waals surface area contributed by atoms with Crippen molar-refractivity contribution in [2.24, 2.45) is 0 Å². The molecule has 3 rings (SSSR count). The quantitative estimate of drug-likeness (QED) is 0.783. The van der Waals surface area contributed by atoms with Gasteiger partial charge in [0.05, 0.1) is 29.9 Å². The molecule has 2 aliphatic heterocycles. The number of rotatable bonds is 2. The van der Waals surface area contributed by atoms with E-state index in [1.807, 2.05) is 11.4 Å². The van der Waals surface area contributed by atoms with E-state index >= 15 is 0 Å². The first-order valence-electron chi connectivity index (χ1n) is 6.38. The topological polar surface area (TPSA) is 66.9 Å². The van der Waals surface area contributed by atoms with Gasteiger partial charge in [0.15, 0.2) is 0 Å². The molecule has 0 aliphatic carbocycles. The Morgan fingerprint density at radius 1 is 1.45 bits per heavy atom. The van der Waals surface area contributed by atoms with Gasteiger partial charge in [-0.3, -0.25) is 4.79 Å². The Labute approximate surface area is 122 Å². The molecule has 20 heavy (non-hydrogen) atoms. The lowest BCUT2D eigenvalue weighted by Gasteiger charge is -2.34. The number of amides is 1. The predicted molar refractivity (Wildman–Crippen MR) is 75.3 cm³/mol. The average Bonchev–Trinajstić information content (AvgIpc) is 3.05. The maximum Gasteiger partial charge on any atom is 0.264 e. The molecule has 3 heterocycles. The molecule has 0 saturated carbocycles. The standard InChI is InChI=1S/C12H16N2O4S2/c1-20(16,17)14-4-5-18-10-8-13(7-9(10)14)12(15)11-3-2-6-19-11/h2-3,6,9-10H,4-5,7-8H2,1H3. The third kappa shape index (κ3) is 2.48. The zero-order valence-corrected chi connectivity index (χ0v) is 12.7. The van der Waals surface area contributed by atoms with Crippen molar-refractivity contribution >= 4 is 27.3 Å². The van der Waals surface area contributed by atoms with E-state index < -0.39 is 10.0 Å². The van der Waals surface area contributed by atoms with Crippen LogP contribution in [0.4, 0.5) is 0 Å². The highest BCUT2D eigenvalue weighted by molar-refractivity contribution is 7.88. The van der Waals surface area contributed by atoms with Crippen molar-refractivity contribution in [1.29, 1.82) is 0 Å². The van der Waals surface area contributed by atoms with E-state index in [2.05, 4.69) is 0 Å². The van der Waals surface area contributed by atoms with E-state index in [1.165, 1.54) is 21.9 Å². The van der Waals surface area contributed by atoms with Gasteiger partial charge in [0.2, 0.25) is 10.0 Å². The smallest absolute Gasteiger partial charge is 0.264 e. The van der Waals surface area contributed by atoms with E-state index in [0.29, 0.717) is 31.1 Å². The summed E-state index contributed by atoms with van der Waals surface area (Å²) in [5.41, 5.74) is 0. The first-order valence-corrected chi connectivity index (χ1v) is 9.11. The summed E-state index contributed by atoms with van der Waals surface area (Å²) in [5, 5.41) is 1.86. The number of hydrogen-bond acceptors (Lipinski definition) is 5. The monoisotopic (exact) mass is 316 g/mol. The van der Waals surface area contributed by atoms with Crippen molar-refractivity contribution in [3.05, 3.63) is 22.4 Å². The van der Waals surface area contributed by atoms with E-state index in [-0.39, 0.29) is 18.1 Å². The fraction of sp³-hybridized carbons (Fsp3) is 0.583. The van der Waals surface area contributed by atoms with Crippen molar-refractivity contribution in [2.75, 3.05) is 32.5 Å². The minimum atomic E-state index is -3.27. The summed E-state index contributed by atoms with van der Waals surface area (Å²) in [6, 6.07) is 3.35. The second-order valence-corrected chi connectivity index (χ2v) is 7.92. The molecule has 0 radical (unpaired) electrons. The van der Waals surface area contributed by atoms with Crippen LogP contribution in [0.1, 0.15) is 9.67 Å². The number of nitrogens with zero attached hydrogens (tertiary/aromatic N) is 2. The maximum absolute atomic E-state index is 12.3. The SMILES string of the molecule is CS(=O)(=O)N1CCOC2CN(C(=O)c3cccs3)CC21. The number of carbonyl (C=O) groups is 1. The molecule has 1 aromatic rings. The molecule has 6 nitrogen and oxygen atoms in total. The summed E-state index contributed by atoms with van der Waals surface area (Å²) >= 11 is 1.39. The summed E-state index contributed by atoms with van der Waals surface area (Å²) in [4.78, 5) is 14.7. The summed E-state index contributed by atoms with van der Waals surface area (Å²) in [6.07, 6.45) is 0.987. The first kappa shape index (κ1) is 14.0. The van der Waals surface area contributed by atoms with Gasteiger partial charge < -0.3 is 9.64 Å². The average molecular weight is 316 g/mol. The molecule has 2 unspecified atom stereocenters. The highest BCUT2D eigenvalue weighted by Gasteiger charge is 2.45. The maximum atomic E-state index is 12.3. The molecule has 2 aliphatic rings. The molecule has 1 aromatic heterocycles. The first-order chi connectivity index (χ1) is 9.47. The Hall–Kier alpha value is -0.960. The molecule has 110 valence electrons. The fourth-order valence-corrected chi connectivity index (χ4v) is 4.58. The molecule has 0 aromatic carbocycles. The van der Waals surface area contributed by atoms with E-state index in [1.54, 1.807) is 11.0 Å². The van der Waals surface area contributed by atoms with Crippen LogP contribution < -0.4 is 0 Å². The van der Waals surface area contributed by atoms with Gasteiger partial charge in [0.25, 0.3) is 5.91 Å². The number of hydrogen-bond donors (Lipinski definition) is 0. The van der Waals surface area contributed by atoms with Gasteiger partial charge in [-0.1, -0.05) is 6.07 Å². The number of sulfonamides is 1. The van der Waals surface area contributed by atoms with Gasteiger partial charge in [-0.05, 0) is 11.4 Å². The predicted octanol–water partition coefficient (Wildman–Crippen LogP) is 0.233. The van der Waals surface area contributed by atoms with Crippen molar-refractivity contribution < 1.29 is 17.9 Å². The third-order valence-electron chi connectivity index (χ3n) is 3.70. The molecule has 0 N–H and O–H groups in total. The van der Waals surface area contributed by atoms with E-state index in [9.17, 15) is 13.2 Å². The molecule has 2 atom stereocenters. The van der Waals surface area contributed by atoms with Gasteiger partial charge in [0.1, 0.15) is 0 Å². The van der Waals surface area contributed by atoms with Crippen LogP contribution in [0.3, 0.4) is 0 Å². The zero-order valence-electron chi connectivity index (χ0n) is 11.1. The van der Waals surface area contributed by atoms with Crippen LogP contribution in [0.25, 0.3) is 0 Å². The van der Waals surface area contributed by atoms with Gasteiger partial charge >= 0.3 is 0 Å². The Balaban J connectivity index is 1.79. The number of thiophene rings is 1. The van der Waals surface area contributed by atoms with Gasteiger partial charge in [-0.25, -0.2) is 8.42 Å².